The van der Waals surface area contributed by atoms with Crippen molar-refractivity contribution in [1.29, 1.82) is 0 Å². The van der Waals surface area contributed by atoms with E-state index < -0.39 is 10.0 Å². The van der Waals surface area contributed by atoms with E-state index in [0.717, 1.165) is 0 Å². The second-order valence-corrected chi connectivity index (χ2v) is 8.54. The molecule has 25 heavy (non-hydrogen) atoms. The largest absolute Gasteiger partial charge is 0.284 e. The molecule has 1 fully saturated rings. The van der Waals surface area contributed by atoms with E-state index in [0.29, 0.717) is 17.1 Å². The Morgan fingerprint density at radius 3 is 2.36 bits per heavy atom. The van der Waals surface area contributed by atoms with Crippen molar-refractivity contribution in [3.05, 3.63) is 59.6 Å². The minimum atomic E-state index is -3.94. The van der Waals surface area contributed by atoms with Crippen LogP contribution in [-0.2, 0) is 14.8 Å². The Bertz CT molecular complexity index is 913. The molecule has 0 bridgehead atoms. The van der Waals surface area contributed by atoms with Crippen molar-refractivity contribution in [2.75, 3.05) is 4.90 Å². The van der Waals surface area contributed by atoms with Crippen LogP contribution >= 0.6 is 23.4 Å². The fourth-order valence-electron chi connectivity index (χ4n) is 2.37. The third-order valence-electron chi connectivity index (χ3n) is 3.63. The lowest BCUT2D eigenvalue weighted by atomic mass is 10.2. The van der Waals surface area contributed by atoms with Crippen LogP contribution in [0.25, 0.3) is 0 Å². The number of carbonyl (C=O) groups excluding carboxylic acids is 1. The number of amides is 1. The standard InChI is InChI=1S/C17H15ClN2O3S2/c1-2-15-16(21)20(13-6-4-3-5-7-13)17(24-15)19-25(22,23)14-10-8-12(18)9-11-14/h3-11,15H,2H2,1H3/t15-/m0/s1. The molecule has 2 aromatic carbocycles. The molecule has 0 radical (unpaired) electrons. The molecule has 130 valence electrons. The lowest BCUT2D eigenvalue weighted by Gasteiger charge is -2.16. The minimum Gasteiger partial charge on any atom is -0.273 e. The number of benzene rings is 2. The molecule has 0 unspecified atom stereocenters. The van der Waals surface area contributed by atoms with Gasteiger partial charge in [-0.3, -0.25) is 9.69 Å². The van der Waals surface area contributed by atoms with Gasteiger partial charge in [0.05, 0.1) is 15.8 Å². The molecule has 1 amide bonds. The fourth-order valence-corrected chi connectivity index (χ4v) is 4.76. The number of sulfonamides is 1. The third-order valence-corrected chi connectivity index (χ3v) is 6.58. The van der Waals surface area contributed by atoms with Gasteiger partial charge < -0.3 is 0 Å². The number of nitrogens with zero attached hydrogens (tertiary/aromatic N) is 2. The van der Waals surface area contributed by atoms with Crippen LogP contribution in [0.2, 0.25) is 5.02 Å². The topological polar surface area (TPSA) is 66.8 Å². The molecule has 1 atom stereocenters. The normalized spacial score (nSPS) is 19.6. The molecule has 1 aliphatic rings. The SMILES string of the molecule is CC[C@@H]1SC(=NS(=O)(=O)c2ccc(Cl)cc2)N(c2ccccc2)C1=O. The van der Waals surface area contributed by atoms with Gasteiger partial charge in [-0.2, -0.15) is 8.42 Å². The number of amidine groups is 1. The van der Waals surface area contributed by atoms with Crippen molar-refractivity contribution in [1.82, 2.24) is 0 Å². The first kappa shape index (κ1) is 18.0. The molecule has 0 aromatic heterocycles. The van der Waals surface area contributed by atoms with Gasteiger partial charge in [-0.25, -0.2) is 0 Å². The Balaban J connectivity index is 2.04. The molecular weight excluding hydrogens is 380 g/mol. The highest BCUT2D eigenvalue weighted by Gasteiger charge is 2.39. The molecule has 1 saturated heterocycles. The predicted molar refractivity (Wildman–Crippen MR) is 102 cm³/mol. The Morgan fingerprint density at radius 2 is 1.76 bits per heavy atom. The van der Waals surface area contributed by atoms with Gasteiger partial charge in [-0.05, 0) is 42.8 Å². The molecule has 1 aliphatic heterocycles. The second-order valence-electron chi connectivity index (χ2n) is 5.33. The maximum absolute atomic E-state index is 12.6. The summed E-state index contributed by atoms with van der Waals surface area (Å²) in [5.41, 5.74) is 0.598. The highest BCUT2D eigenvalue weighted by molar-refractivity contribution is 8.16. The highest BCUT2D eigenvalue weighted by Crippen LogP contribution is 2.34. The molecule has 1 heterocycles. The maximum Gasteiger partial charge on any atom is 0.284 e. The van der Waals surface area contributed by atoms with E-state index >= 15 is 0 Å². The number of anilines is 1. The summed E-state index contributed by atoms with van der Waals surface area (Å²) < 4.78 is 29.1. The summed E-state index contributed by atoms with van der Waals surface area (Å²) >= 11 is 6.97. The first-order chi connectivity index (χ1) is 11.9. The zero-order valence-corrected chi connectivity index (χ0v) is 15.7. The third kappa shape index (κ3) is 3.73. The summed E-state index contributed by atoms with van der Waals surface area (Å²) in [6.07, 6.45) is 0.590. The smallest absolute Gasteiger partial charge is 0.273 e. The van der Waals surface area contributed by atoms with Crippen LogP contribution in [0.5, 0.6) is 0 Å². The monoisotopic (exact) mass is 394 g/mol. The second kappa shape index (κ2) is 7.19. The number of para-hydroxylation sites is 1. The van der Waals surface area contributed by atoms with Gasteiger partial charge in [0.2, 0.25) is 5.91 Å². The average Bonchev–Trinajstić information content (AvgIpc) is 2.90. The van der Waals surface area contributed by atoms with E-state index in [1.807, 2.05) is 13.0 Å². The van der Waals surface area contributed by atoms with Crippen LogP contribution in [0.4, 0.5) is 5.69 Å². The first-order valence-electron chi connectivity index (χ1n) is 7.58. The van der Waals surface area contributed by atoms with E-state index in [4.69, 9.17) is 11.6 Å². The van der Waals surface area contributed by atoms with Crippen molar-refractivity contribution < 1.29 is 13.2 Å². The lowest BCUT2D eigenvalue weighted by Crippen LogP contribution is -2.32. The zero-order valence-electron chi connectivity index (χ0n) is 13.3. The molecule has 0 N–H and O–H groups in total. The Labute approximate surface area is 155 Å². The summed E-state index contributed by atoms with van der Waals surface area (Å²) in [6, 6.07) is 14.7. The van der Waals surface area contributed by atoms with Crippen LogP contribution in [0.3, 0.4) is 0 Å². The number of rotatable bonds is 4. The molecule has 2 aromatic rings. The van der Waals surface area contributed by atoms with Crippen LogP contribution in [0.15, 0.2) is 63.9 Å². The lowest BCUT2D eigenvalue weighted by molar-refractivity contribution is -0.116. The minimum absolute atomic E-state index is 0.0328. The first-order valence-corrected chi connectivity index (χ1v) is 10.3. The molecular formula is C17H15ClN2O3S2. The summed E-state index contributed by atoms with van der Waals surface area (Å²) in [5, 5.41) is 0.256. The Hall–Kier alpha value is -1.83. The van der Waals surface area contributed by atoms with E-state index in [2.05, 4.69) is 4.40 Å². The maximum atomic E-state index is 12.6. The average molecular weight is 395 g/mol. The molecule has 5 nitrogen and oxygen atoms in total. The van der Waals surface area contributed by atoms with Gasteiger partial charge in [-0.15, -0.1) is 4.40 Å². The van der Waals surface area contributed by atoms with Crippen molar-refractivity contribution >= 4 is 50.1 Å². The Kier molecular flexibility index (Phi) is 5.17. The van der Waals surface area contributed by atoms with Crippen LogP contribution in [-0.4, -0.2) is 24.7 Å². The fraction of sp³-hybridized carbons (Fsp3) is 0.176. The summed E-state index contributed by atoms with van der Waals surface area (Å²) in [6.45, 7) is 1.88. The number of hydrogen-bond donors (Lipinski definition) is 0. The number of carbonyl (C=O) groups is 1. The number of hydrogen-bond acceptors (Lipinski definition) is 4. The van der Waals surface area contributed by atoms with Crippen molar-refractivity contribution in [3.8, 4) is 0 Å². The predicted octanol–water partition coefficient (Wildman–Crippen LogP) is 3.94. The molecule has 0 aliphatic carbocycles. The van der Waals surface area contributed by atoms with Crippen molar-refractivity contribution in [2.45, 2.75) is 23.5 Å². The van der Waals surface area contributed by atoms with Gasteiger partial charge in [0.15, 0.2) is 5.17 Å². The van der Waals surface area contributed by atoms with Crippen LogP contribution in [0, 0.1) is 0 Å². The van der Waals surface area contributed by atoms with E-state index in [-0.39, 0.29) is 21.2 Å². The summed E-state index contributed by atoms with van der Waals surface area (Å²) in [4.78, 5) is 14.0. The van der Waals surface area contributed by atoms with Crippen molar-refractivity contribution in [2.24, 2.45) is 4.40 Å². The summed E-state index contributed by atoms with van der Waals surface area (Å²) in [5.74, 6) is -0.163. The van der Waals surface area contributed by atoms with Gasteiger partial charge in [0, 0.05) is 5.02 Å². The number of halogens is 1. The van der Waals surface area contributed by atoms with Gasteiger partial charge >= 0.3 is 0 Å². The Morgan fingerprint density at radius 1 is 1.12 bits per heavy atom. The summed E-state index contributed by atoms with van der Waals surface area (Å²) in [7, 11) is -3.94. The molecule has 8 heteroatoms. The highest BCUT2D eigenvalue weighted by atomic mass is 35.5. The van der Waals surface area contributed by atoms with E-state index in [1.165, 1.54) is 40.9 Å². The van der Waals surface area contributed by atoms with Crippen molar-refractivity contribution in [3.63, 3.8) is 0 Å². The zero-order chi connectivity index (χ0) is 18.0. The van der Waals surface area contributed by atoms with Gasteiger partial charge in [0.25, 0.3) is 10.0 Å². The molecule has 3 rings (SSSR count). The molecule has 0 spiro atoms. The van der Waals surface area contributed by atoms with Gasteiger partial charge in [-0.1, -0.05) is 48.5 Å². The quantitative estimate of drug-likeness (QED) is 0.787. The van der Waals surface area contributed by atoms with E-state index in [9.17, 15) is 13.2 Å². The number of thioether (sulfide) groups is 1. The van der Waals surface area contributed by atoms with Gasteiger partial charge in [0.1, 0.15) is 0 Å². The van der Waals surface area contributed by atoms with Crippen LogP contribution < -0.4 is 4.90 Å². The van der Waals surface area contributed by atoms with E-state index in [1.54, 1.807) is 24.3 Å². The molecule has 0 saturated carbocycles. The van der Waals surface area contributed by atoms with Crippen LogP contribution in [0.1, 0.15) is 13.3 Å².